The van der Waals surface area contributed by atoms with Crippen molar-refractivity contribution in [2.45, 2.75) is 69.7 Å². The number of hydrogen-bond donors (Lipinski definition) is 0. The Morgan fingerprint density at radius 1 is 1.09 bits per heavy atom. The quantitative estimate of drug-likeness (QED) is 0.646. The van der Waals surface area contributed by atoms with Gasteiger partial charge in [-0.25, -0.2) is 4.79 Å². The lowest BCUT2D eigenvalue weighted by molar-refractivity contribution is -0.241. The highest BCUT2D eigenvalue weighted by Gasteiger charge is 2.71. The minimum atomic E-state index is -0.830. The Labute approximate surface area is 130 Å². The molecule has 0 amide bonds. The van der Waals surface area contributed by atoms with Crippen LogP contribution in [0.4, 0.5) is 0 Å². The first-order valence-electron chi connectivity index (χ1n) is 8.75. The van der Waals surface area contributed by atoms with Crippen LogP contribution in [0.3, 0.4) is 0 Å². The third-order valence-corrected chi connectivity index (χ3v) is 6.96. The lowest BCUT2D eigenvalue weighted by atomic mass is 9.71. The van der Waals surface area contributed by atoms with Gasteiger partial charge in [-0.1, -0.05) is 19.3 Å². The van der Waals surface area contributed by atoms with Crippen LogP contribution >= 0.6 is 0 Å². The fourth-order valence-corrected chi connectivity index (χ4v) is 6.02. The van der Waals surface area contributed by atoms with Gasteiger partial charge in [-0.05, 0) is 38.5 Å². The average Bonchev–Trinajstić information content (AvgIpc) is 2.91. The second kappa shape index (κ2) is 4.02. The summed E-state index contributed by atoms with van der Waals surface area (Å²) in [5.41, 5.74) is 1.11. The number of hydrogen-bond acceptors (Lipinski definition) is 4. The molecule has 2 aliphatic carbocycles. The van der Waals surface area contributed by atoms with E-state index < -0.39 is 5.79 Å². The van der Waals surface area contributed by atoms with Crippen LogP contribution in [0.5, 0.6) is 0 Å². The number of carbonyl (C=O) groups is 2. The first-order chi connectivity index (χ1) is 10.6. The van der Waals surface area contributed by atoms with Gasteiger partial charge < -0.3 is 9.47 Å². The summed E-state index contributed by atoms with van der Waals surface area (Å²) >= 11 is 0. The van der Waals surface area contributed by atoms with E-state index in [0.29, 0.717) is 17.1 Å². The molecular formula is C18H22O4. The van der Waals surface area contributed by atoms with E-state index in [4.69, 9.17) is 9.47 Å². The monoisotopic (exact) mass is 302 g/mol. The summed E-state index contributed by atoms with van der Waals surface area (Å²) in [5, 5.41) is 0. The molecule has 3 aliphatic heterocycles. The molecule has 22 heavy (non-hydrogen) atoms. The van der Waals surface area contributed by atoms with E-state index in [1.165, 1.54) is 25.7 Å². The Bertz CT molecular complexity index is 621. The number of allylic oxidation sites excluding steroid dienone is 1. The van der Waals surface area contributed by atoms with Crippen molar-refractivity contribution in [2.75, 3.05) is 0 Å². The summed E-state index contributed by atoms with van der Waals surface area (Å²) in [5.74, 6) is -0.716. The van der Waals surface area contributed by atoms with E-state index in [0.717, 1.165) is 25.7 Å². The minimum absolute atomic E-state index is 0.0926. The molecule has 4 nitrogen and oxygen atoms in total. The first kappa shape index (κ1) is 13.3. The number of ketones is 1. The summed E-state index contributed by atoms with van der Waals surface area (Å²) in [6.45, 7) is 1.79. The second-order valence-corrected chi connectivity index (χ2v) is 7.89. The molecule has 2 bridgehead atoms. The Morgan fingerprint density at radius 2 is 1.95 bits per heavy atom. The molecule has 4 fully saturated rings. The molecule has 0 radical (unpaired) electrons. The number of esters is 1. The number of rotatable bonds is 0. The Balaban J connectivity index is 1.65. The molecule has 2 spiro atoms. The third-order valence-electron chi connectivity index (χ3n) is 6.96. The molecule has 3 saturated heterocycles. The van der Waals surface area contributed by atoms with Crippen molar-refractivity contribution in [1.82, 2.24) is 0 Å². The van der Waals surface area contributed by atoms with E-state index in [-0.39, 0.29) is 29.2 Å². The van der Waals surface area contributed by atoms with Crippen molar-refractivity contribution in [3.63, 3.8) is 0 Å². The summed E-state index contributed by atoms with van der Waals surface area (Å²) in [4.78, 5) is 25.0. The fourth-order valence-electron chi connectivity index (χ4n) is 6.02. The smallest absolute Gasteiger partial charge is 0.337 e. The maximum absolute atomic E-state index is 12.6. The van der Waals surface area contributed by atoms with Crippen LogP contribution in [-0.2, 0) is 19.1 Å². The minimum Gasteiger partial charge on any atom is -0.429 e. The third kappa shape index (κ3) is 1.38. The number of carbonyl (C=O) groups excluding carboxylic acids is 2. The fraction of sp³-hybridized carbons (Fsp3) is 0.778. The normalized spacial score (nSPS) is 49.6. The SMILES string of the molecule is CC1=C2C(=O)O[C@]34C[C@@H]5CCCCC[C@]5(CC[C@H](C1=O)[C@H]23)O4. The van der Waals surface area contributed by atoms with Gasteiger partial charge in [-0.15, -0.1) is 0 Å². The molecule has 118 valence electrons. The van der Waals surface area contributed by atoms with Gasteiger partial charge in [0.15, 0.2) is 5.78 Å². The molecule has 3 heterocycles. The van der Waals surface area contributed by atoms with Crippen molar-refractivity contribution < 1.29 is 19.1 Å². The van der Waals surface area contributed by atoms with Crippen LogP contribution in [-0.4, -0.2) is 23.1 Å². The summed E-state index contributed by atoms with van der Waals surface area (Å²) in [6.07, 6.45) is 8.52. The van der Waals surface area contributed by atoms with Gasteiger partial charge in [-0.2, -0.15) is 0 Å². The van der Waals surface area contributed by atoms with Gasteiger partial charge >= 0.3 is 5.97 Å². The van der Waals surface area contributed by atoms with Gasteiger partial charge in [0.05, 0.1) is 17.1 Å². The standard InChI is InChI=1S/C18H22O4/c1-10-13-14-12(15(10)19)6-8-17-7-4-2-3-5-11(17)9-18(14,22-17)21-16(13)20/h11-12,14H,2-9H2,1H3/t11-,12-,14+,17+,18-/m0/s1. The number of Topliss-reactive ketones (excluding diaryl/α,β-unsaturated/α-hetero) is 1. The molecule has 0 aromatic carbocycles. The second-order valence-electron chi connectivity index (χ2n) is 7.89. The van der Waals surface area contributed by atoms with Crippen LogP contribution in [0.2, 0.25) is 0 Å². The zero-order chi connectivity index (χ0) is 15.1. The molecule has 5 rings (SSSR count). The van der Waals surface area contributed by atoms with Crippen LogP contribution in [0, 0.1) is 17.8 Å². The molecule has 5 aliphatic rings. The van der Waals surface area contributed by atoms with Gasteiger partial charge in [0.1, 0.15) is 0 Å². The maximum atomic E-state index is 12.6. The maximum Gasteiger partial charge on any atom is 0.337 e. The van der Waals surface area contributed by atoms with Gasteiger partial charge in [0.2, 0.25) is 5.79 Å². The molecule has 0 aromatic heterocycles. The van der Waals surface area contributed by atoms with Crippen molar-refractivity contribution in [3.05, 3.63) is 11.1 Å². The Hall–Kier alpha value is -1.16. The van der Waals surface area contributed by atoms with Crippen LogP contribution in [0.25, 0.3) is 0 Å². The van der Waals surface area contributed by atoms with E-state index in [2.05, 4.69) is 0 Å². The highest BCUT2D eigenvalue weighted by Crippen LogP contribution is 2.64. The van der Waals surface area contributed by atoms with Crippen LogP contribution in [0.15, 0.2) is 11.1 Å². The molecule has 0 aromatic rings. The van der Waals surface area contributed by atoms with Gasteiger partial charge in [0, 0.05) is 17.9 Å². The van der Waals surface area contributed by atoms with E-state index >= 15 is 0 Å². The molecule has 5 atom stereocenters. The van der Waals surface area contributed by atoms with Crippen molar-refractivity contribution in [1.29, 1.82) is 0 Å². The zero-order valence-electron chi connectivity index (χ0n) is 13.0. The van der Waals surface area contributed by atoms with Crippen molar-refractivity contribution in [2.24, 2.45) is 17.8 Å². The Kier molecular flexibility index (Phi) is 2.43. The average molecular weight is 302 g/mol. The largest absolute Gasteiger partial charge is 0.429 e. The lowest BCUT2D eigenvalue weighted by Crippen LogP contribution is -2.40. The zero-order valence-corrected chi connectivity index (χ0v) is 13.0. The van der Waals surface area contributed by atoms with Crippen LogP contribution < -0.4 is 0 Å². The van der Waals surface area contributed by atoms with E-state index in [1.807, 2.05) is 0 Å². The molecular weight excluding hydrogens is 280 g/mol. The molecule has 1 saturated carbocycles. The highest BCUT2D eigenvalue weighted by atomic mass is 16.7. The van der Waals surface area contributed by atoms with Crippen molar-refractivity contribution >= 4 is 11.8 Å². The van der Waals surface area contributed by atoms with Gasteiger partial charge in [0.25, 0.3) is 0 Å². The van der Waals surface area contributed by atoms with Gasteiger partial charge in [-0.3, -0.25) is 4.79 Å². The predicted molar refractivity (Wildman–Crippen MR) is 77.8 cm³/mol. The van der Waals surface area contributed by atoms with E-state index in [9.17, 15) is 9.59 Å². The highest BCUT2D eigenvalue weighted by molar-refractivity contribution is 6.10. The van der Waals surface area contributed by atoms with E-state index in [1.54, 1.807) is 6.92 Å². The molecule has 0 N–H and O–H groups in total. The molecule has 0 unspecified atom stereocenters. The summed E-state index contributed by atoms with van der Waals surface area (Å²) in [6, 6.07) is 0. The Morgan fingerprint density at radius 3 is 2.82 bits per heavy atom. The lowest BCUT2D eigenvalue weighted by Gasteiger charge is -2.33. The predicted octanol–water partition coefficient (Wildman–Crippen LogP) is 2.90. The summed E-state index contributed by atoms with van der Waals surface area (Å²) < 4.78 is 12.5. The summed E-state index contributed by atoms with van der Waals surface area (Å²) in [7, 11) is 0. The van der Waals surface area contributed by atoms with Crippen molar-refractivity contribution in [3.8, 4) is 0 Å². The molecule has 4 heteroatoms. The first-order valence-corrected chi connectivity index (χ1v) is 8.75. The van der Waals surface area contributed by atoms with Crippen LogP contribution in [0.1, 0.15) is 58.3 Å². The number of ether oxygens (including phenoxy) is 2. The topological polar surface area (TPSA) is 52.6 Å².